The Bertz CT molecular complexity index is 1300. The first-order valence-corrected chi connectivity index (χ1v) is 9.50. The van der Waals surface area contributed by atoms with Crippen molar-refractivity contribution in [3.63, 3.8) is 0 Å². The predicted molar refractivity (Wildman–Crippen MR) is 114 cm³/mol. The molecule has 0 saturated carbocycles. The van der Waals surface area contributed by atoms with Gasteiger partial charge in [-0.15, -0.1) is 5.10 Å². The first-order chi connectivity index (χ1) is 15.1. The van der Waals surface area contributed by atoms with E-state index in [1.54, 1.807) is 67.0 Å². The van der Waals surface area contributed by atoms with Crippen LogP contribution in [0.4, 0.5) is 5.69 Å². The summed E-state index contributed by atoms with van der Waals surface area (Å²) in [7, 11) is 0. The van der Waals surface area contributed by atoms with Gasteiger partial charge < -0.3 is 10.6 Å². The third-order valence-corrected chi connectivity index (χ3v) is 4.54. The van der Waals surface area contributed by atoms with Crippen LogP contribution in [0.15, 0.2) is 77.9 Å². The number of hydrogen-bond acceptors (Lipinski definition) is 6. The summed E-state index contributed by atoms with van der Waals surface area (Å²) in [6.07, 6.45) is 3.10. The largest absolute Gasteiger partial charge is 0.350 e. The number of rotatable bonds is 6. The summed E-state index contributed by atoms with van der Waals surface area (Å²) in [5, 5.41) is 13.7. The Labute approximate surface area is 176 Å². The summed E-state index contributed by atoms with van der Waals surface area (Å²) < 4.78 is 1.03. The zero-order valence-electron chi connectivity index (χ0n) is 16.4. The minimum absolute atomic E-state index is 0.230. The van der Waals surface area contributed by atoms with Gasteiger partial charge in [0.05, 0.1) is 5.39 Å². The summed E-state index contributed by atoms with van der Waals surface area (Å²) in [5.74, 6) is -0.629. The van der Waals surface area contributed by atoms with Crippen LogP contribution in [0, 0.1) is 0 Å². The number of nitrogens with zero attached hydrogens (tertiary/aromatic N) is 4. The summed E-state index contributed by atoms with van der Waals surface area (Å²) >= 11 is 0. The lowest BCUT2D eigenvalue weighted by Gasteiger charge is -2.09. The highest BCUT2D eigenvalue weighted by molar-refractivity contribution is 6.04. The Morgan fingerprint density at radius 2 is 1.77 bits per heavy atom. The highest BCUT2D eigenvalue weighted by atomic mass is 16.2. The van der Waals surface area contributed by atoms with Crippen molar-refractivity contribution in [2.45, 2.75) is 13.1 Å². The van der Waals surface area contributed by atoms with E-state index >= 15 is 0 Å². The molecular formula is C22H18N6O3. The number of fused-ring (bicyclic) bond motifs is 1. The van der Waals surface area contributed by atoms with Crippen molar-refractivity contribution in [3.05, 3.63) is 94.5 Å². The topological polar surface area (TPSA) is 119 Å². The van der Waals surface area contributed by atoms with Crippen molar-refractivity contribution >= 4 is 28.4 Å². The number of carbonyl (C=O) groups excluding carboxylic acids is 2. The summed E-state index contributed by atoms with van der Waals surface area (Å²) in [4.78, 5) is 40.9. The molecule has 0 unspecified atom stereocenters. The molecule has 31 heavy (non-hydrogen) atoms. The van der Waals surface area contributed by atoms with Crippen LogP contribution in [0.25, 0.3) is 10.9 Å². The minimum Gasteiger partial charge on any atom is -0.350 e. The van der Waals surface area contributed by atoms with Gasteiger partial charge >= 0.3 is 0 Å². The van der Waals surface area contributed by atoms with Crippen LogP contribution in [0.3, 0.4) is 0 Å². The maximum atomic E-state index is 12.4. The number of hydrogen-bond donors (Lipinski definition) is 2. The minimum atomic E-state index is -0.377. The van der Waals surface area contributed by atoms with E-state index < -0.39 is 0 Å². The lowest BCUT2D eigenvalue weighted by molar-refractivity contribution is -0.122. The van der Waals surface area contributed by atoms with Gasteiger partial charge in [-0.2, -0.15) is 0 Å². The number of benzene rings is 2. The van der Waals surface area contributed by atoms with E-state index in [0.717, 1.165) is 10.2 Å². The standard InChI is InChI=1S/C22H18N6O3/c29-20(14-28-22(31)18-6-1-2-7-19(18)26-27-28)24-13-15-4-3-5-17(12-15)25-21(30)16-8-10-23-11-9-16/h1-12H,13-14H2,(H,24,29)(H,25,30). The number of amides is 2. The molecule has 2 N–H and O–H groups in total. The highest BCUT2D eigenvalue weighted by Crippen LogP contribution is 2.12. The number of aromatic nitrogens is 4. The fraction of sp³-hybridized carbons (Fsp3) is 0.0909. The van der Waals surface area contributed by atoms with E-state index in [0.29, 0.717) is 22.2 Å². The summed E-state index contributed by atoms with van der Waals surface area (Å²) in [6.45, 7) is -0.0112. The van der Waals surface area contributed by atoms with Crippen LogP contribution in [-0.4, -0.2) is 31.8 Å². The van der Waals surface area contributed by atoms with Crippen molar-refractivity contribution in [2.24, 2.45) is 0 Å². The molecule has 0 saturated heterocycles. The molecule has 0 aliphatic carbocycles. The smallest absolute Gasteiger partial charge is 0.278 e. The molecule has 9 heteroatoms. The van der Waals surface area contributed by atoms with E-state index in [4.69, 9.17) is 0 Å². The van der Waals surface area contributed by atoms with Crippen LogP contribution in [-0.2, 0) is 17.9 Å². The SMILES string of the molecule is O=C(Cn1nnc2ccccc2c1=O)NCc1cccc(NC(=O)c2ccncc2)c1. The van der Waals surface area contributed by atoms with Crippen LogP contribution in [0.1, 0.15) is 15.9 Å². The molecule has 4 rings (SSSR count). The molecule has 2 amide bonds. The average Bonchev–Trinajstić information content (AvgIpc) is 2.80. The van der Waals surface area contributed by atoms with E-state index in [2.05, 4.69) is 25.9 Å². The Hall–Kier alpha value is -4.40. The van der Waals surface area contributed by atoms with Crippen LogP contribution in [0.2, 0.25) is 0 Å². The molecule has 2 aromatic carbocycles. The van der Waals surface area contributed by atoms with Gasteiger partial charge in [0.25, 0.3) is 11.5 Å². The molecule has 4 aromatic rings. The molecule has 0 atom stereocenters. The van der Waals surface area contributed by atoms with Crippen LogP contribution < -0.4 is 16.2 Å². The normalized spacial score (nSPS) is 10.6. The molecule has 9 nitrogen and oxygen atoms in total. The molecule has 2 aromatic heterocycles. The van der Waals surface area contributed by atoms with E-state index in [9.17, 15) is 14.4 Å². The average molecular weight is 414 g/mol. The summed E-state index contributed by atoms with van der Waals surface area (Å²) in [6, 6.07) is 17.2. The van der Waals surface area contributed by atoms with Gasteiger partial charge in [-0.25, -0.2) is 4.68 Å². The molecule has 0 fully saturated rings. The van der Waals surface area contributed by atoms with Crippen molar-refractivity contribution in [3.8, 4) is 0 Å². The van der Waals surface area contributed by atoms with E-state index in [-0.39, 0.29) is 30.5 Å². The molecule has 0 bridgehead atoms. The molecule has 154 valence electrons. The van der Waals surface area contributed by atoms with Gasteiger partial charge in [-0.3, -0.25) is 19.4 Å². The second-order valence-electron chi connectivity index (χ2n) is 6.74. The van der Waals surface area contributed by atoms with Crippen molar-refractivity contribution in [2.75, 3.05) is 5.32 Å². The maximum absolute atomic E-state index is 12.4. The van der Waals surface area contributed by atoms with Crippen LogP contribution >= 0.6 is 0 Å². The quantitative estimate of drug-likeness (QED) is 0.496. The van der Waals surface area contributed by atoms with Gasteiger partial charge in [0.15, 0.2) is 0 Å². The van der Waals surface area contributed by atoms with Crippen molar-refractivity contribution < 1.29 is 9.59 Å². The second kappa shape index (κ2) is 8.95. The van der Waals surface area contributed by atoms with Crippen molar-refractivity contribution in [1.29, 1.82) is 0 Å². The Morgan fingerprint density at radius 1 is 0.968 bits per heavy atom. The lowest BCUT2D eigenvalue weighted by atomic mass is 10.2. The first-order valence-electron chi connectivity index (χ1n) is 9.50. The number of nitrogens with one attached hydrogen (secondary N) is 2. The van der Waals surface area contributed by atoms with Crippen molar-refractivity contribution in [1.82, 2.24) is 25.3 Å². The zero-order valence-corrected chi connectivity index (χ0v) is 16.4. The lowest BCUT2D eigenvalue weighted by Crippen LogP contribution is -2.34. The van der Waals surface area contributed by atoms with E-state index in [1.807, 2.05) is 6.07 Å². The summed E-state index contributed by atoms with van der Waals surface area (Å²) in [5.41, 5.74) is 2.00. The molecule has 2 heterocycles. The monoisotopic (exact) mass is 414 g/mol. The number of anilines is 1. The number of carbonyl (C=O) groups is 2. The first kappa shape index (κ1) is 19.9. The fourth-order valence-electron chi connectivity index (χ4n) is 2.99. The third-order valence-electron chi connectivity index (χ3n) is 4.54. The Kier molecular flexibility index (Phi) is 5.75. The van der Waals surface area contributed by atoms with Gasteiger partial charge in [0.1, 0.15) is 12.1 Å². The third kappa shape index (κ3) is 4.78. The number of pyridine rings is 1. The molecule has 0 aliphatic heterocycles. The fourth-order valence-corrected chi connectivity index (χ4v) is 2.99. The molecule has 0 radical (unpaired) electrons. The Morgan fingerprint density at radius 3 is 2.61 bits per heavy atom. The van der Waals surface area contributed by atoms with Gasteiger partial charge in [-0.1, -0.05) is 29.5 Å². The molecule has 0 aliphatic rings. The molecular weight excluding hydrogens is 396 g/mol. The van der Waals surface area contributed by atoms with Gasteiger partial charge in [0, 0.05) is 30.2 Å². The molecule has 0 spiro atoms. The van der Waals surface area contributed by atoms with Gasteiger partial charge in [-0.05, 0) is 42.0 Å². The second-order valence-corrected chi connectivity index (χ2v) is 6.74. The Balaban J connectivity index is 1.38. The van der Waals surface area contributed by atoms with Gasteiger partial charge in [0.2, 0.25) is 5.91 Å². The van der Waals surface area contributed by atoms with E-state index in [1.165, 1.54) is 0 Å². The van der Waals surface area contributed by atoms with Crippen LogP contribution in [0.5, 0.6) is 0 Å². The maximum Gasteiger partial charge on any atom is 0.278 e. The zero-order chi connectivity index (χ0) is 21.6. The predicted octanol–water partition coefficient (Wildman–Crippen LogP) is 1.76. The highest BCUT2D eigenvalue weighted by Gasteiger charge is 2.10.